The van der Waals surface area contributed by atoms with Crippen molar-refractivity contribution in [2.45, 2.75) is 12.5 Å². The molecule has 0 aliphatic carbocycles. The van der Waals surface area contributed by atoms with E-state index in [1.165, 1.54) is 16.9 Å². The summed E-state index contributed by atoms with van der Waals surface area (Å²) < 4.78 is 5.16. The molecule has 1 aliphatic heterocycles. The Bertz CT molecular complexity index is 796. The fourth-order valence-corrected chi connectivity index (χ4v) is 2.70. The Balaban J connectivity index is 2.07. The molecule has 1 aromatic carbocycles. The summed E-state index contributed by atoms with van der Waals surface area (Å²) in [7, 11) is 6.32. The summed E-state index contributed by atoms with van der Waals surface area (Å²) in [4.78, 5) is 51.9. The molecule has 1 heterocycles. The zero-order chi connectivity index (χ0) is 21.1. The first-order valence-electron chi connectivity index (χ1n) is 8.58. The molecule has 28 heavy (non-hydrogen) atoms. The van der Waals surface area contributed by atoms with Gasteiger partial charge in [0.2, 0.25) is 5.91 Å². The number of ether oxygens (including phenoxy) is 1. The summed E-state index contributed by atoms with van der Waals surface area (Å²) in [6.45, 7) is 1.42. The van der Waals surface area contributed by atoms with Gasteiger partial charge in [0, 0.05) is 14.1 Å². The lowest BCUT2D eigenvalue weighted by atomic mass is 9.92. The Morgan fingerprint density at radius 1 is 1.21 bits per heavy atom. The number of likely N-dealkylation sites (N-methyl/N-ethyl adjacent to an activating group) is 2. The number of amides is 5. The molecule has 10 nitrogen and oxygen atoms in total. The average Bonchev–Trinajstić information content (AvgIpc) is 2.85. The zero-order valence-electron chi connectivity index (χ0n) is 16.6. The molecule has 0 radical (unpaired) electrons. The summed E-state index contributed by atoms with van der Waals surface area (Å²) in [6, 6.07) is 6.02. The van der Waals surface area contributed by atoms with Gasteiger partial charge in [0.1, 0.15) is 11.3 Å². The molecule has 2 rings (SSSR count). The SMILES string of the molecule is COc1cccc(C2(C)NC(=O)N(NC(=O)CN(C)CC(=O)N(C)C)C2=O)c1. The molecule has 1 atom stereocenters. The second-order valence-corrected chi connectivity index (χ2v) is 6.92. The number of imide groups is 1. The van der Waals surface area contributed by atoms with Crippen LogP contribution in [0.1, 0.15) is 12.5 Å². The number of carbonyl (C=O) groups is 4. The maximum absolute atomic E-state index is 12.8. The molecular formula is C18H25N5O5. The lowest BCUT2D eigenvalue weighted by Gasteiger charge is -2.23. The van der Waals surface area contributed by atoms with E-state index in [0.717, 1.165) is 0 Å². The van der Waals surface area contributed by atoms with E-state index in [9.17, 15) is 19.2 Å². The van der Waals surface area contributed by atoms with Crippen molar-refractivity contribution in [3.8, 4) is 5.75 Å². The van der Waals surface area contributed by atoms with Gasteiger partial charge in [0.05, 0.1) is 20.2 Å². The minimum atomic E-state index is -1.34. The molecule has 2 N–H and O–H groups in total. The van der Waals surface area contributed by atoms with Gasteiger partial charge < -0.3 is 15.0 Å². The number of nitrogens with zero attached hydrogens (tertiary/aromatic N) is 3. The molecule has 1 aliphatic rings. The van der Waals surface area contributed by atoms with E-state index >= 15 is 0 Å². The predicted octanol–water partition coefficient (Wildman–Crippen LogP) is -0.487. The van der Waals surface area contributed by atoms with E-state index in [4.69, 9.17) is 4.74 Å². The number of hydrazine groups is 1. The van der Waals surface area contributed by atoms with Crippen LogP contribution in [0.2, 0.25) is 0 Å². The number of hydrogen-bond donors (Lipinski definition) is 2. The molecule has 152 valence electrons. The van der Waals surface area contributed by atoms with Crippen molar-refractivity contribution in [1.29, 1.82) is 0 Å². The van der Waals surface area contributed by atoms with Crippen LogP contribution in [0.4, 0.5) is 4.79 Å². The Kier molecular flexibility index (Phi) is 6.24. The number of hydrogen-bond acceptors (Lipinski definition) is 6. The summed E-state index contributed by atoms with van der Waals surface area (Å²) >= 11 is 0. The largest absolute Gasteiger partial charge is 0.497 e. The highest BCUT2D eigenvalue weighted by atomic mass is 16.5. The van der Waals surface area contributed by atoms with Crippen LogP contribution in [0.5, 0.6) is 5.75 Å². The first kappa shape index (κ1) is 21.2. The van der Waals surface area contributed by atoms with Gasteiger partial charge in [0.15, 0.2) is 0 Å². The minimum absolute atomic E-state index is 0.0298. The van der Waals surface area contributed by atoms with Crippen LogP contribution in [0.3, 0.4) is 0 Å². The number of carbonyl (C=O) groups excluding carboxylic acids is 4. The van der Waals surface area contributed by atoms with Crippen LogP contribution in [-0.2, 0) is 19.9 Å². The number of urea groups is 1. The van der Waals surface area contributed by atoms with Crippen LogP contribution >= 0.6 is 0 Å². The Morgan fingerprint density at radius 3 is 2.50 bits per heavy atom. The van der Waals surface area contributed by atoms with Crippen LogP contribution in [0, 0.1) is 0 Å². The van der Waals surface area contributed by atoms with Crippen LogP contribution in [-0.4, -0.2) is 79.9 Å². The van der Waals surface area contributed by atoms with E-state index in [0.29, 0.717) is 16.3 Å². The highest BCUT2D eigenvalue weighted by Gasteiger charge is 2.50. The highest BCUT2D eigenvalue weighted by molar-refractivity contribution is 6.08. The van der Waals surface area contributed by atoms with Crippen molar-refractivity contribution in [3.05, 3.63) is 29.8 Å². The van der Waals surface area contributed by atoms with Crippen LogP contribution < -0.4 is 15.5 Å². The Hall–Kier alpha value is -3.14. The summed E-state index contributed by atoms with van der Waals surface area (Å²) in [6.07, 6.45) is 0. The second-order valence-electron chi connectivity index (χ2n) is 6.92. The van der Waals surface area contributed by atoms with Gasteiger partial charge >= 0.3 is 6.03 Å². The number of rotatable bonds is 7. The number of benzene rings is 1. The van der Waals surface area contributed by atoms with E-state index in [2.05, 4.69) is 10.7 Å². The van der Waals surface area contributed by atoms with Crippen molar-refractivity contribution in [1.82, 2.24) is 25.6 Å². The first-order chi connectivity index (χ1) is 13.1. The van der Waals surface area contributed by atoms with E-state index in [-0.39, 0.29) is 19.0 Å². The molecule has 0 aromatic heterocycles. The third kappa shape index (κ3) is 4.39. The molecule has 0 saturated carbocycles. The molecule has 5 amide bonds. The van der Waals surface area contributed by atoms with Crippen LogP contribution in [0.15, 0.2) is 24.3 Å². The number of nitrogens with one attached hydrogen (secondary N) is 2. The van der Waals surface area contributed by atoms with E-state index < -0.39 is 23.4 Å². The van der Waals surface area contributed by atoms with Crippen molar-refractivity contribution >= 4 is 23.8 Å². The molecule has 1 saturated heterocycles. The topological polar surface area (TPSA) is 111 Å². The second kappa shape index (κ2) is 8.26. The quantitative estimate of drug-likeness (QED) is 0.607. The molecule has 10 heteroatoms. The lowest BCUT2D eigenvalue weighted by molar-refractivity contribution is -0.139. The summed E-state index contributed by atoms with van der Waals surface area (Å²) in [5, 5.41) is 3.25. The van der Waals surface area contributed by atoms with E-state index in [1.807, 2.05) is 0 Å². The maximum Gasteiger partial charge on any atom is 0.344 e. The Labute approximate surface area is 163 Å². The third-order valence-corrected chi connectivity index (χ3v) is 4.39. The molecule has 0 spiro atoms. The van der Waals surface area contributed by atoms with Gasteiger partial charge in [-0.3, -0.25) is 24.7 Å². The molecule has 0 bridgehead atoms. The third-order valence-electron chi connectivity index (χ3n) is 4.39. The van der Waals surface area contributed by atoms with Crippen molar-refractivity contribution in [2.24, 2.45) is 0 Å². The molecular weight excluding hydrogens is 366 g/mol. The lowest BCUT2D eigenvalue weighted by Crippen LogP contribution is -2.51. The average molecular weight is 391 g/mol. The molecule has 1 fully saturated rings. The minimum Gasteiger partial charge on any atom is -0.497 e. The first-order valence-corrected chi connectivity index (χ1v) is 8.58. The molecule has 1 unspecified atom stereocenters. The normalized spacial score (nSPS) is 18.9. The van der Waals surface area contributed by atoms with Crippen molar-refractivity contribution in [3.63, 3.8) is 0 Å². The Morgan fingerprint density at radius 2 is 1.89 bits per heavy atom. The van der Waals surface area contributed by atoms with E-state index in [1.54, 1.807) is 52.3 Å². The fourth-order valence-electron chi connectivity index (χ4n) is 2.70. The fraction of sp³-hybridized carbons (Fsp3) is 0.444. The maximum atomic E-state index is 12.8. The van der Waals surface area contributed by atoms with Gasteiger partial charge in [-0.15, -0.1) is 0 Å². The summed E-state index contributed by atoms with van der Waals surface area (Å²) in [5.74, 6) is -0.843. The standard InChI is InChI=1S/C18H25N5O5/c1-18(12-7-6-8-13(9-12)28-5)16(26)23(17(27)19-18)20-14(24)10-22(4)11-15(25)21(2)3/h6-9H,10-11H2,1-5H3,(H,19,27)(H,20,24). The number of methoxy groups -OCH3 is 1. The summed E-state index contributed by atoms with van der Waals surface area (Å²) in [5.41, 5.74) is 1.48. The molecule has 1 aromatic rings. The van der Waals surface area contributed by atoms with Crippen molar-refractivity contribution in [2.75, 3.05) is 41.3 Å². The zero-order valence-corrected chi connectivity index (χ0v) is 16.6. The van der Waals surface area contributed by atoms with Gasteiger partial charge in [0.25, 0.3) is 11.8 Å². The highest BCUT2D eigenvalue weighted by Crippen LogP contribution is 2.30. The predicted molar refractivity (Wildman–Crippen MR) is 100 cm³/mol. The van der Waals surface area contributed by atoms with Crippen molar-refractivity contribution < 1.29 is 23.9 Å². The van der Waals surface area contributed by atoms with Gasteiger partial charge in [-0.25, -0.2) is 4.79 Å². The van der Waals surface area contributed by atoms with Gasteiger partial charge in [-0.2, -0.15) is 5.01 Å². The monoisotopic (exact) mass is 391 g/mol. The van der Waals surface area contributed by atoms with Crippen LogP contribution in [0.25, 0.3) is 0 Å². The smallest absolute Gasteiger partial charge is 0.344 e. The van der Waals surface area contributed by atoms with Gasteiger partial charge in [-0.1, -0.05) is 12.1 Å². The van der Waals surface area contributed by atoms with Gasteiger partial charge in [-0.05, 0) is 31.7 Å².